The number of fused-ring (bicyclic) bond motifs is 1. The van der Waals surface area contributed by atoms with Crippen molar-refractivity contribution in [2.24, 2.45) is 5.92 Å². The highest BCUT2D eigenvalue weighted by molar-refractivity contribution is 7.99. The summed E-state index contributed by atoms with van der Waals surface area (Å²) in [4.78, 5) is 15.4. The fourth-order valence-electron chi connectivity index (χ4n) is 3.49. The molecule has 2 heterocycles. The molecule has 3 aliphatic rings. The van der Waals surface area contributed by atoms with Gasteiger partial charge in [-0.3, -0.25) is 4.79 Å². The van der Waals surface area contributed by atoms with E-state index in [1.807, 2.05) is 25.0 Å². The van der Waals surface area contributed by atoms with Gasteiger partial charge < -0.3 is 19.7 Å². The number of ether oxygens (including phenoxy) is 2. The molecule has 1 aromatic rings. The standard InChI is InChI=1S/C20H26N2O3S/c1-3-26-14-6-7-17(25-12-13-4-5-13)15(10-14)16-11-22(2)20(23)18-19(16)24-9-8-21-18/h6-7,10-11,13,18-19,21H,3-5,8-9,12H2,1-2H3. The van der Waals surface area contributed by atoms with Crippen LogP contribution in [0.1, 0.15) is 25.3 Å². The molecular weight excluding hydrogens is 348 g/mol. The van der Waals surface area contributed by atoms with E-state index in [0.717, 1.165) is 29.2 Å². The van der Waals surface area contributed by atoms with Crippen molar-refractivity contribution in [1.82, 2.24) is 10.2 Å². The Bertz CT molecular complexity index is 717. The molecule has 2 unspecified atom stereocenters. The second kappa shape index (κ2) is 7.62. The van der Waals surface area contributed by atoms with E-state index < -0.39 is 0 Å². The van der Waals surface area contributed by atoms with Crippen molar-refractivity contribution in [2.45, 2.75) is 36.8 Å². The molecule has 0 aromatic heterocycles. The van der Waals surface area contributed by atoms with Crippen LogP contribution in [0.15, 0.2) is 29.3 Å². The van der Waals surface area contributed by atoms with Gasteiger partial charge in [0.1, 0.15) is 17.9 Å². The average Bonchev–Trinajstić information content (AvgIpc) is 3.48. The zero-order chi connectivity index (χ0) is 18.1. The van der Waals surface area contributed by atoms with Gasteiger partial charge in [-0.2, -0.15) is 0 Å². The zero-order valence-electron chi connectivity index (χ0n) is 15.4. The summed E-state index contributed by atoms with van der Waals surface area (Å²) >= 11 is 1.81. The second-order valence-electron chi connectivity index (χ2n) is 7.10. The Labute approximate surface area is 159 Å². The number of nitrogens with zero attached hydrogens (tertiary/aromatic N) is 1. The number of likely N-dealkylation sites (N-methyl/N-ethyl adjacent to an activating group) is 1. The summed E-state index contributed by atoms with van der Waals surface area (Å²) in [5.74, 6) is 2.65. The van der Waals surface area contributed by atoms with Crippen molar-refractivity contribution in [3.63, 3.8) is 0 Å². The van der Waals surface area contributed by atoms with E-state index in [-0.39, 0.29) is 18.1 Å². The molecule has 2 fully saturated rings. The third-order valence-corrected chi connectivity index (χ3v) is 5.94. The van der Waals surface area contributed by atoms with E-state index in [0.29, 0.717) is 19.1 Å². The number of morpholine rings is 1. The average molecular weight is 375 g/mol. The summed E-state index contributed by atoms with van der Waals surface area (Å²) in [6, 6.07) is 6.04. The first kappa shape index (κ1) is 17.9. The zero-order valence-corrected chi connectivity index (χ0v) is 16.2. The molecular formula is C20H26N2O3S. The van der Waals surface area contributed by atoms with Gasteiger partial charge in [-0.25, -0.2) is 0 Å². The SMILES string of the molecule is CCSc1ccc(OCC2CC2)c(C2=CN(C)C(=O)C3NCCOC23)c1. The molecule has 6 heteroatoms. The molecule has 0 spiro atoms. The Hall–Kier alpha value is -1.50. The predicted molar refractivity (Wildman–Crippen MR) is 103 cm³/mol. The number of carbonyl (C=O) groups is 1. The lowest BCUT2D eigenvalue weighted by Gasteiger charge is -2.39. The monoisotopic (exact) mass is 374 g/mol. The minimum absolute atomic E-state index is 0.0537. The van der Waals surface area contributed by atoms with Crippen LogP contribution in [0.3, 0.4) is 0 Å². The number of thioether (sulfide) groups is 1. The van der Waals surface area contributed by atoms with Gasteiger partial charge in [0.05, 0.1) is 13.2 Å². The number of hydrogen-bond donors (Lipinski definition) is 1. The lowest BCUT2D eigenvalue weighted by Crippen LogP contribution is -2.58. The van der Waals surface area contributed by atoms with Crippen LogP contribution in [0.5, 0.6) is 5.75 Å². The molecule has 4 rings (SSSR count). The molecule has 2 atom stereocenters. The van der Waals surface area contributed by atoms with Crippen LogP contribution < -0.4 is 10.1 Å². The van der Waals surface area contributed by atoms with Gasteiger partial charge in [-0.05, 0) is 42.7 Å². The Kier molecular flexibility index (Phi) is 5.25. The minimum atomic E-state index is -0.326. The molecule has 26 heavy (non-hydrogen) atoms. The third-order valence-electron chi connectivity index (χ3n) is 5.06. The van der Waals surface area contributed by atoms with Crippen LogP contribution in [0, 0.1) is 5.92 Å². The summed E-state index contributed by atoms with van der Waals surface area (Å²) < 4.78 is 12.2. The first-order chi connectivity index (χ1) is 12.7. The number of rotatable bonds is 6. The number of amides is 1. The first-order valence-electron chi connectivity index (χ1n) is 9.40. The van der Waals surface area contributed by atoms with Gasteiger partial charge in [0.25, 0.3) is 0 Å². The van der Waals surface area contributed by atoms with E-state index in [1.54, 1.807) is 4.90 Å². The van der Waals surface area contributed by atoms with Gasteiger partial charge in [-0.15, -0.1) is 11.8 Å². The molecule has 140 valence electrons. The highest BCUT2D eigenvalue weighted by Gasteiger charge is 2.40. The van der Waals surface area contributed by atoms with Gasteiger partial charge >= 0.3 is 0 Å². The highest BCUT2D eigenvalue weighted by atomic mass is 32.2. The van der Waals surface area contributed by atoms with Gasteiger partial charge in [0.15, 0.2) is 0 Å². The summed E-state index contributed by atoms with van der Waals surface area (Å²) in [7, 11) is 1.81. The van der Waals surface area contributed by atoms with Gasteiger partial charge in [0, 0.05) is 35.8 Å². The molecule has 1 aromatic carbocycles. The van der Waals surface area contributed by atoms with Crippen molar-refractivity contribution in [2.75, 3.05) is 32.6 Å². The van der Waals surface area contributed by atoms with Crippen LogP contribution in [-0.2, 0) is 9.53 Å². The molecule has 2 aliphatic heterocycles. The summed E-state index contributed by atoms with van der Waals surface area (Å²) in [6.07, 6.45) is 4.17. The highest BCUT2D eigenvalue weighted by Crippen LogP contribution is 2.38. The van der Waals surface area contributed by atoms with Gasteiger partial charge in [-0.1, -0.05) is 6.92 Å². The van der Waals surface area contributed by atoms with Crippen LogP contribution in [0.4, 0.5) is 0 Å². The van der Waals surface area contributed by atoms with E-state index in [1.165, 1.54) is 17.7 Å². The minimum Gasteiger partial charge on any atom is -0.493 e. The topological polar surface area (TPSA) is 50.8 Å². The van der Waals surface area contributed by atoms with Crippen molar-refractivity contribution in [1.29, 1.82) is 0 Å². The van der Waals surface area contributed by atoms with Crippen molar-refractivity contribution in [3.8, 4) is 5.75 Å². The lowest BCUT2D eigenvalue weighted by atomic mass is 9.91. The summed E-state index contributed by atoms with van der Waals surface area (Å²) in [5, 5.41) is 3.32. The maximum Gasteiger partial charge on any atom is 0.246 e. The molecule has 1 aliphatic carbocycles. The van der Waals surface area contributed by atoms with Crippen molar-refractivity contribution >= 4 is 23.2 Å². The van der Waals surface area contributed by atoms with E-state index in [9.17, 15) is 4.79 Å². The fraction of sp³-hybridized carbons (Fsp3) is 0.550. The molecule has 0 bridgehead atoms. The Balaban J connectivity index is 1.71. The molecule has 1 saturated heterocycles. The van der Waals surface area contributed by atoms with Crippen molar-refractivity contribution < 1.29 is 14.3 Å². The Morgan fingerprint density at radius 2 is 2.23 bits per heavy atom. The third kappa shape index (κ3) is 3.63. The first-order valence-corrected chi connectivity index (χ1v) is 10.4. The van der Waals surface area contributed by atoms with E-state index >= 15 is 0 Å². The fourth-order valence-corrected chi connectivity index (χ4v) is 4.19. The van der Waals surface area contributed by atoms with Crippen LogP contribution in [0.25, 0.3) is 5.57 Å². The van der Waals surface area contributed by atoms with Crippen LogP contribution >= 0.6 is 11.8 Å². The van der Waals surface area contributed by atoms with E-state index in [4.69, 9.17) is 9.47 Å². The number of hydrogen-bond acceptors (Lipinski definition) is 5. The van der Waals surface area contributed by atoms with Crippen LogP contribution in [-0.4, -0.2) is 55.5 Å². The predicted octanol–water partition coefficient (Wildman–Crippen LogP) is 2.76. The smallest absolute Gasteiger partial charge is 0.246 e. The lowest BCUT2D eigenvalue weighted by molar-refractivity contribution is -0.135. The summed E-state index contributed by atoms with van der Waals surface area (Å²) in [5.41, 5.74) is 2.07. The molecule has 5 nitrogen and oxygen atoms in total. The van der Waals surface area contributed by atoms with Crippen molar-refractivity contribution in [3.05, 3.63) is 30.0 Å². The Morgan fingerprint density at radius 3 is 3.00 bits per heavy atom. The maximum atomic E-state index is 12.5. The largest absolute Gasteiger partial charge is 0.493 e. The van der Waals surface area contributed by atoms with E-state index in [2.05, 4.69) is 30.4 Å². The summed E-state index contributed by atoms with van der Waals surface area (Å²) in [6.45, 7) is 4.23. The normalized spacial score (nSPS) is 25.7. The number of benzene rings is 1. The maximum absolute atomic E-state index is 12.5. The molecule has 1 amide bonds. The second-order valence-corrected chi connectivity index (χ2v) is 8.44. The Morgan fingerprint density at radius 1 is 1.38 bits per heavy atom. The van der Waals surface area contributed by atoms with Gasteiger partial charge in [0.2, 0.25) is 5.91 Å². The molecule has 1 N–H and O–H groups in total. The van der Waals surface area contributed by atoms with Crippen LogP contribution in [0.2, 0.25) is 0 Å². The molecule has 0 radical (unpaired) electrons. The molecule has 1 saturated carbocycles. The quantitative estimate of drug-likeness (QED) is 0.776. The number of carbonyl (C=O) groups excluding carboxylic acids is 1. The number of nitrogens with one attached hydrogen (secondary N) is 1.